The molecule has 40 heavy (non-hydrogen) atoms. The average Bonchev–Trinajstić information content (AvgIpc) is 2.94. The van der Waals surface area contributed by atoms with Crippen molar-refractivity contribution in [2.45, 2.75) is 32.3 Å². The van der Waals surface area contributed by atoms with Crippen molar-refractivity contribution in [2.24, 2.45) is 0 Å². The third-order valence-corrected chi connectivity index (χ3v) is 6.13. The molecule has 8 nitrogen and oxygen atoms in total. The minimum atomic E-state index is -1.01. The number of halogens is 2. The number of ether oxygens (including phenoxy) is 4. The highest BCUT2D eigenvalue weighted by Crippen LogP contribution is 2.24. The third kappa shape index (κ3) is 10.4. The van der Waals surface area contributed by atoms with Gasteiger partial charge < -0.3 is 29.0 Å². The maximum atomic E-state index is 13.1. The third-order valence-electron chi connectivity index (χ3n) is 5.81. The van der Waals surface area contributed by atoms with Gasteiger partial charge in [0.25, 0.3) is 0 Å². The van der Waals surface area contributed by atoms with E-state index in [9.17, 15) is 19.1 Å². The first kappa shape index (κ1) is 30.7. The Kier molecular flexibility index (Phi) is 12.5. The van der Waals surface area contributed by atoms with Crippen LogP contribution in [-0.4, -0.2) is 61.1 Å². The summed E-state index contributed by atoms with van der Waals surface area (Å²) in [6, 6.07) is 19.6. The van der Waals surface area contributed by atoms with Gasteiger partial charge in [0.2, 0.25) is 0 Å². The summed E-state index contributed by atoms with van der Waals surface area (Å²) < 4.78 is 35.3. The van der Waals surface area contributed by atoms with E-state index in [2.05, 4.69) is 0 Å². The molecule has 0 aliphatic carbocycles. The van der Waals surface area contributed by atoms with E-state index < -0.39 is 18.2 Å². The summed E-state index contributed by atoms with van der Waals surface area (Å²) in [5.41, 5.74) is 0.806. The summed E-state index contributed by atoms with van der Waals surface area (Å²) in [4.78, 5) is 25.8. The molecule has 3 aromatic rings. The Balaban J connectivity index is 1.52. The summed E-state index contributed by atoms with van der Waals surface area (Å²) in [7, 11) is 0. The molecule has 0 bridgehead atoms. The molecule has 0 heterocycles. The number of rotatable bonds is 16. The Labute approximate surface area is 238 Å². The van der Waals surface area contributed by atoms with Gasteiger partial charge in [-0.1, -0.05) is 35.9 Å². The predicted molar refractivity (Wildman–Crippen MR) is 149 cm³/mol. The van der Waals surface area contributed by atoms with E-state index in [1.54, 1.807) is 67.6 Å². The first-order valence-electron chi connectivity index (χ1n) is 13.0. The molecule has 1 amide bonds. The first-order valence-corrected chi connectivity index (χ1v) is 13.4. The van der Waals surface area contributed by atoms with Crippen molar-refractivity contribution in [2.75, 3.05) is 32.9 Å². The van der Waals surface area contributed by atoms with Crippen LogP contribution in [0.5, 0.6) is 17.2 Å². The maximum Gasteiger partial charge on any atom is 0.415 e. The Bertz CT molecular complexity index is 1210. The van der Waals surface area contributed by atoms with Gasteiger partial charge in [0.15, 0.2) is 11.9 Å². The number of amides is 1. The second-order valence-corrected chi connectivity index (χ2v) is 9.18. The number of unbranched alkanes of at least 4 members (excludes halogenated alkanes) is 1. The summed E-state index contributed by atoms with van der Waals surface area (Å²) >= 11 is 6.15. The SMILES string of the molecule is CCOC(Cc1ccc(OCCN(CCCCOc2ccc(F)cc2)C(=O)Oc2ccccc2Cl)cc1)C(=O)O. The van der Waals surface area contributed by atoms with Crippen LogP contribution in [-0.2, 0) is 16.0 Å². The molecule has 1 unspecified atom stereocenters. The molecular weight excluding hydrogens is 541 g/mol. The lowest BCUT2D eigenvalue weighted by molar-refractivity contribution is -0.149. The molecule has 1 N–H and O–H groups in total. The van der Waals surface area contributed by atoms with Crippen molar-refractivity contribution in [1.82, 2.24) is 4.90 Å². The lowest BCUT2D eigenvalue weighted by atomic mass is 10.1. The van der Waals surface area contributed by atoms with E-state index in [-0.39, 0.29) is 31.1 Å². The number of para-hydroxylation sites is 1. The van der Waals surface area contributed by atoms with E-state index in [1.165, 1.54) is 17.0 Å². The molecule has 3 rings (SSSR count). The fourth-order valence-electron chi connectivity index (χ4n) is 3.73. The number of benzene rings is 3. The van der Waals surface area contributed by atoms with Crippen LogP contribution in [0.2, 0.25) is 5.02 Å². The van der Waals surface area contributed by atoms with E-state index in [0.717, 1.165) is 5.56 Å². The van der Waals surface area contributed by atoms with Gasteiger partial charge in [0.1, 0.15) is 23.9 Å². The van der Waals surface area contributed by atoms with Crippen LogP contribution >= 0.6 is 11.6 Å². The van der Waals surface area contributed by atoms with Crippen molar-refractivity contribution in [3.05, 3.63) is 89.2 Å². The number of carbonyl (C=O) groups excluding carboxylic acids is 1. The molecule has 0 aromatic heterocycles. The lowest BCUT2D eigenvalue weighted by Crippen LogP contribution is -2.37. The van der Waals surface area contributed by atoms with Gasteiger partial charge in [-0.05, 0) is 73.9 Å². The van der Waals surface area contributed by atoms with Gasteiger partial charge >= 0.3 is 12.1 Å². The second kappa shape index (κ2) is 16.3. The average molecular weight is 574 g/mol. The Morgan fingerprint density at radius 2 is 1.55 bits per heavy atom. The fourth-order valence-corrected chi connectivity index (χ4v) is 3.91. The van der Waals surface area contributed by atoms with Gasteiger partial charge in [-0.3, -0.25) is 0 Å². The zero-order chi connectivity index (χ0) is 28.7. The molecule has 0 radical (unpaired) electrons. The Morgan fingerprint density at radius 1 is 0.900 bits per heavy atom. The number of hydrogen-bond acceptors (Lipinski definition) is 6. The van der Waals surface area contributed by atoms with Gasteiger partial charge in [-0.15, -0.1) is 0 Å². The van der Waals surface area contributed by atoms with Crippen molar-refractivity contribution in [1.29, 1.82) is 0 Å². The van der Waals surface area contributed by atoms with Crippen LogP contribution in [0.1, 0.15) is 25.3 Å². The monoisotopic (exact) mass is 573 g/mol. The number of carboxylic acids is 1. The molecule has 214 valence electrons. The van der Waals surface area contributed by atoms with Crippen molar-refractivity contribution in [3.8, 4) is 17.2 Å². The molecule has 10 heteroatoms. The van der Waals surface area contributed by atoms with E-state index in [0.29, 0.717) is 49.1 Å². The summed E-state index contributed by atoms with van der Waals surface area (Å²) in [5, 5.41) is 9.60. The van der Waals surface area contributed by atoms with Gasteiger partial charge in [-0.25, -0.2) is 14.0 Å². The molecule has 0 saturated heterocycles. The molecule has 0 aliphatic rings. The minimum absolute atomic E-state index is 0.208. The van der Waals surface area contributed by atoms with Gasteiger partial charge in [-0.2, -0.15) is 0 Å². The first-order chi connectivity index (χ1) is 19.4. The zero-order valence-corrected chi connectivity index (χ0v) is 23.0. The number of carboxylic acid groups (broad SMARTS) is 1. The van der Waals surface area contributed by atoms with Gasteiger partial charge in [0.05, 0.1) is 18.2 Å². The highest BCUT2D eigenvalue weighted by Gasteiger charge is 2.19. The molecule has 0 saturated carbocycles. The second-order valence-electron chi connectivity index (χ2n) is 8.77. The number of nitrogens with zero attached hydrogens (tertiary/aromatic N) is 1. The molecule has 1 atom stereocenters. The maximum absolute atomic E-state index is 13.1. The van der Waals surface area contributed by atoms with Crippen LogP contribution in [0.4, 0.5) is 9.18 Å². The van der Waals surface area contributed by atoms with Crippen LogP contribution in [0, 0.1) is 5.82 Å². The van der Waals surface area contributed by atoms with E-state index >= 15 is 0 Å². The van der Waals surface area contributed by atoms with Crippen LogP contribution < -0.4 is 14.2 Å². The highest BCUT2D eigenvalue weighted by atomic mass is 35.5. The standard InChI is InChI=1S/C30H33ClFNO7/c1-2-37-28(29(34)35)21-22-9-13-24(14-10-22)39-20-18-33(30(36)40-27-8-4-3-7-26(27)31)17-5-6-19-38-25-15-11-23(32)12-16-25/h3-4,7-16,28H,2,5-6,17-21H2,1H3,(H,34,35). The summed E-state index contributed by atoms with van der Waals surface area (Å²) in [6.07, 6.45) is 0.0839. The van der Waals surface area contributed by atoms with Crippen molar-refractivity contribution < 1.29 is 38.0 Å². The van der Waals surface area contributed by atoms with E-state index in [1.807, 2.05) is 0 Å². The number of hydrogen-bond donors (Lipinski definition) is 1. The quantitative estimate of drug-likeness (QED) is 0.202. The molecular formula is C30H33ClFNO7. The smallest absolute Gasteiger partial charge is 0.415 e. The van der Waals surface area contributed by atoms with Crippen LogP contribution in [0.3, 0.4) is 0 Å². The number of carbonyl (C=O) groups is 2. The molecule has 0 fully saturated rings. The van der Waals surface area contributed by atoms with E-state index in [4.69, 9.17) is 30.5 Å². The highest BCUT2D eigenvalue weighted by molar-refractivity contribution is 6.32. The normalized spacial score (nSPS) is 11.5. The Morgan fingerprint density at radius 3 is 2.20 bits per heavy atom. The minimum Gasteiger partial charge on any atom is -0.494 e. The summed E-state index contributed by atoms with van der Waals surface area (Å²) in [5.74, 6) is 0.0907. The van der Waals surface area contributed by atoms with Crippen LogP contribution in [0.25, 0.3) is 0 Å². The zero-order valence-electron chi connectivity index (χ0n) is 22.3. The van der Waals surface area contributed by atoms with Crippen molar-refractivity contribution >= 4 is 23.7 Å². The van der Waals surface area contributed by atoms with Crippen LogP contribution in [0.15, 0.2) is 72.8 Å². The number of aliphatic carboxylic acids is 1. The summed E-state index contributed by atoms with van der Waals surface area (Å²) in [6.45, 7) is 3.34. The van der Waals surface area contributed by atoms with Crippen molar-refractivity contribution in [3.63, 3.8) is 0 Å². The largest absolute Gasteiger partial charge is 0.494 e. The lowest BCUT2D eigenvalue weighted by Gasteiger charge is -2.22. The topological polar surface area (TPSA) is 94.5 Å². The fraction of sp³-hybridized carbons (Fsp3) is 0.333. The molecule has 0 aliphatic heterocycles. The molecule has 0 spiro atoms. The Hall–Kier alpha value is -3.82. The predicted octanol–water partition coefficient (Wildman–Crippen LogP) is 6.25. The molecule has 3 aromatic carbocycles. The van der Waals surface area contributed by atoms with Gasteiger partial charge in [0, 0.05) is 19.6 Å².